The van der Waals surface area contributed by atoms with Gasteiger partial charge in [0.2, 0.25) is 0 Å². The van der Waals surface area contributed by atoms with Gasteiger partial charge in [-0.25, -0.2) is 9.97 Å². The number of nitrogens with zero attached hydrogens (tertiary/aromatic N) is 5. The van der Waals surface area contributed by atoms with Gasteiger partial charge in [0.05, 0.1) is 5.56 Å². The van der Waals surface area contributed by atoms with Crippen LogP contribution in [0.5, 0.6) is 0 Å². The molecule has 0 fully saturated rings. The van der Waals surface area contributed by atoms with E-state index in [1.807, 2.05) is 35.0 Å². The Bertz CT molecular complexity index is 1300. The molecule has 1 aromatic carbocycles. The minimum atomic E-state index is -0.511. The molecule has 1 atom stereocenters. The van der Waals surface area contributed by atoms with Crippen LogP contribution in [0.1, 0.15) is 28.4 Å². The average molecular weight is 382 g/mol. The Balaban J connectivity index is 1.52. The van der Waals surface area contributed by atoms with Crippen LogP contribution in [-0.2, 0) is 13.0 Å². The number of carbonyl (C=O) groups excluding carboxylic acids is 1. The molecule has 142 valence electrons. The van der Waals surface area contributed by atoms with Gasteiger partial charge in [-0.3, -0.25) is 14.3 Å². The van der Waals surface area contributed by atoms with Crippen LogP contribution in [0, 0.1) is 0 Å². The summed E-state index contributed by atoms with van der Waals surface area (Å²) in [6.45, 7) is 2.76. The summed E-state index contributed by atoms with van der Waals surface area (Å²) in [5.74, 6) is 1.33. The van der Waals surface area contributed by atoms with Gasteiger partial charge in [-0.05, 0) is 36.2 Å². The van der Waals surface area contributed by atoms with E-state index in [1.165, 1.54) is 11.1 Å². The Morgan fingerprint density at radius 2 is 1.86 bits per heavy atom. The fraction of sp³-hybridized carbons (Fsp3) is 0.182. The molecule has 7 heteroatoms. The summed E-state index contributed by atoms with van der Waals surface area (Å²) in [5, 5.41) is 3.19. The minimum Gasteiger partial charge on any atom is -0.329 e. The van der Waals surface area contributed by atoms with E-state index in [-0.39, 0.29) is 5.91 Å². The summed E-state index contributed by atoms with van der Waals surface area (Å²) >= 11 is 0. The minimum absolute atomic E-state index is 0.0886. The molecule has 4 aromatic rings. The Hall–Kier alpha value is -3.74. The van der Waals surface area contributed by atoms with Gasteiger partial charge in [0.15, 0.2) is 5.65 Å². The van der Waals surface area contributed by atoms with Crippen LogP contribution in [0.15, 0.2) is 61.1 Å². The molecule has 0 saturated carbocycles. The van der Waals surface area contributed by atoms with E-state index < -0.39 is 5.66 Å². The quantitative estimate of drug-likeness (QED) is 0.548. The number of benzene rings is 1. The molecular formula is C22H18N6O. The van der Waals surface area contributed by atoms with Gasteiger partial charge in [-0.15, -0.1) is 0 Å². The van der Waals surface area contributed by atoms with Gasteiger partial charge in [-0.2, -0.15) is 0 Å². The molecule has 29 heavy (non-hydrogen) atoms. The molecule has 0 saturated heterocycles. The molecule has 3 aromatic heterocycles. The maximum absolute atomic E-state index is 12.9. The van der Waals surface area contributed by atoms with E-state index in [1.54, 1.807) is 12.4 Å². The van der Waals surface area contributed by atoms with Crippen LogP contribution in [0.4, 0.5) is 5.82 Å². The summed E-state index contributed by atoms with van der Waals surface area (Å²) in [5.41, 5.74) is 4.15. The van der Waals surface area contributed by atoms with Crippen molar-refractivity contribution in [1.82, 2.24) is 24.8 Å². The third-order valence-corrected chi connectivity index (χ3v) is 5.88. The zero-order chi connectivity index (χ0) is 19.6. The normalized spacial score (nSPS) is 20.0. The number of pyridine rings is 1. The number of nitrogens with one attached hydrogen (secondary N) is 1. The average Bonchev–Trinajstić information content (AvgIpc) is 3.16. The highest BCUT2D eigenvalue weighted by atomic mass is 16.2. The van der Waals surface area contributed by atoms with Crippen molar-refractivity contribution in [1.29, 1.82) is 0 Å². The second-order valence-electron chi connectivity index (χ2n) is 7.75. The zero-order valence-electron chi connectivity index (χ0n) is 15.8. The van der Waals surface area contributed by atoms with Crippen molar-refractivity contribution < 1.29 is 4.79 Å². The molecule has 0 spiro atoms. The highest BCUT2D eigenvalue weighted by Gasteiger charge is 2.44. The third kappa shape index (κ3) is 2.30. The summed E-state index contributed by atoms with van der Waals surface area (Å²) in [4.78, 5) is 28.8. The lowest BCUT2D eigenvalue weighted by molar-refractivity contribution is 0.0882. The number of amides is 1. The molecule has 0 bridgehead atoms. The molecule has 6 rings (SSSR count). The predicted octanol–water partition coefficient (Wildman–Crippen LogP) is 2.84. The Morgan fingerprint density at radius 1 is 1.03 bits per heavy atom. The Kier molecular flexibility index (Phi) is 3.16. The van der Waals surface area contributed by atoms with Gasteiger partial charge in [-0.1, -0.05) is 24.3 Å². The van der Waals surface area contributed by atoms with E-state index in [4.69, 9.17) is 4.98 Å². The SMILES string of the molecule is CC12Cc3ccccc3CN1c1nc(-n3ccc4nccnc43)ccc1C(=O)N2. The van der Waals surface area contributed by atoms with Crippen molar-refractivity contribution in [3.05, 3.63) is 77.7 Å². The number of carbonyl (C=O) groups is 1. The standard InChI is InChI=1S/C22H18N6O/c1-22-12-14-4-2-3-5-15(14)13-28(22)19-16(21(29)26-22)6-7-18(25-19)27-11-8-17-20(27)24-10-9-23-17/h2-11H,12-13H2,1H3,(H,26,29). The lowest BCUT2D eigenvalue weighted by Crippen LogP contribution is -2.65. The van der Waals surface area contributed by atoms with E-state index in [2.05, 4.69) is 45.3 Å². The first-order chi connectivity index (χ1) is 14.1. The molecule has 5 heterocycles. The van der Waals surface area contributed by atoms with Crippen LogP contribution >= 0.6 is 0 Å². The second kappa shape index (κ2) is 5.64. The van der Waals surface area contributed by atoms with Crippen molar-refractivity contribution in [3.63, 3.8) is 0 Å². The van der Waals surface area contributed by atoms with Crippen LogP contribution in [0.25, 0.3) is 17.0 Å². The Labute approximate surface area is 167 Å². The predicted molar refractivity (Wildman–Crippen MR) is 109 cm³/mol. The summed E-state index contributed by atoms with van der Waals surface area (Å²) < 4.78 is 1.91. The first kappa shape index (κ1) is 16.2. The van der Waals surface area contributed by atoms with E-state index >= 15 is 0 Å². The van der Waals surface area contributed by atoms with Crippen molar-refractivity contribution in [2.75, 3.05) is 4.90 Å². The van der Waals surface area contributed by atoms with Crippen molar-refractivity contribution in [2.45, 2.75) is 25.6 Å². The van der Waals surface area contributed by atoms with Crippen molar-refractivity contribution in [3.8, 4) is 5.82 Å². The number of rotatable bonds is 1. The zero-order valence-corrected chi connectivity index (χ0v) is 15.8. The largest absolute Gasteiger partial charge is 0.329 e. The molecule has 1 unspecified atom stereocenters. The van der Waals surface area contributed by atoms with Gasteiger partial charge in [0, 0.05) is 31.6 Å². The monoisotopic (exact) mass is 382 g/mol. The highest BCUT2D eigenvalue weighted by molar-refractivity contribution is 6.02. The van der Waals surface area contributed by atoms with E-state index in [9.17, 15) is 4.79 Å². The molecule has 1 N–H and O–H groups in total. The van der Waals surface area contributed by atoms with Crippen LogP contribution in [0.2, 0.25) is 0 Å². The molecule has 0 aliphatic carbocycles. The molecule has 2 aliphatic heterocycles. The van der Waals surface area contributed by atoms with Crippen LogP contribution < -0.4 is 10.2 Å². The van der Waals surface area contributed by atoms with Crippen molar-refractivity contribution in [2.24, 2.45) is 0 Å². The fourth-order valence-electron chi connectivity index (χ4n) is 4.43. The number of hydrogen-bond acceptors (Lipinski definition) is 5. The third-order valence-electron chi connectivity index (χ3n) is 5.88. The van der Waals surface area contributed by atoms with Crippen LogP contribution in [0.3, 0.4) is 0 Å². The smallest absolute Gasteiger partial charge is 0.256 e. The van der Waals surface area contributed by atoms with E-state index in [0.29, 0.717) is 17.9 Å². The maximum Gasteiger partial charge on any atom is 0.256 e. The lowest BCUT2D eigenvalue weighted by Gasteiger charge is -2.49. The first-order valence-corrected chi connectivity index (χ1v) is 9.59. The summed E-state index contributed by atoms with van der Waals surface area (Å²) in [7, 11) is 0. The number of fused-ring (bicyclic) bond motifs is 5. The Morgan fingerprint density at radius 3 is 2.76 bits per heavy atom. The molecule has 2 aliphatic rings. The van der Waals surface area contributed by atoms with Crippen LogP contribution in [-0.4, -0.2) is 31.1 Å². The molecule has 0 radical (unpaired) electrons. The van der Waals surface area contributed by atoms with Gasteiger partial charge in [0.25, 0.3) is 5.91 Å². The first-order valence-electron chi connectivity index (χ1n) is 9.59. The van der Waals surface area contributed by atoms with Crippen molar-refractivity contribution >= 4 is 22.9 Å². The maximum atomic E-state index is 12.9. The topological polar surface area (TPSA) is 75.9 Å². The highest BCUT2D eigenvalue weighted by Crippen LogP contribution is 2.38. The van der Waals surface area contributed by atoms with E-state index in [0.717, 1.165) is 23.4 Å². The molecule has 7 nitrogen and oxygen atoms in total. The van der Waals surface area contributed by atoms with Gasteiger partial charge < -0.3 is 10.2 Å². The number of aromatic nitrogens is 4. The fourth-order valence-corrected chi connectivity index (χ4v) is 4.43. The number of anilines is 1. The second-order valence-corrected chi connectivity index (χ2v) is 7.75. The lowest BCUT2D eigenvalue weighted by atomic mass is 9.88. The van der Waals surface area contributed by atoms with Gasteiger partial charge in [0.1, 0.15) is 22.8 Å². The van der Waals surface area contributed by atoms with Gasteiger partial charge >= 0.3 is 0 Å². The summed E-state index contributed by atoms with van der Waals surface area (Å²) in [6, 6.07) is 14.0. The molecular weight excluding hydrogens is 364 g/mol. The summed E-state index contributed by atoms with van der Waals surface area (Å²) in [6.07, 6.45) is 5.99. The number of hydrogen-bond donors (Lipinski definition) is 1. The molecule has 1 amide bonds.